The van der Waals surface area contributed by atoms with Gasteiger partial charge in [0.25, 0.3) is 0 Å². The van der Waals surface area contributed by atoms with Crippen LogP contribution in [0.15, 0.2) is 0 Å². The molecule has 72 valence electrons. The van der Waals surface area contributed by atoms with Gasteiger partial charge in [-0.15, -0.1) is 0 Å². The highest BCUT2D eigenvalue weighted by molar-refractivity contribution is 4.66. The fraction of sp³-hybridized carbons (Fsp3) is 1.00. The van der Waals surface area contributed by atoms with Gasteiger partial charge in [-0.1, -0.05) is 12.8 Å². The largest absolute Gasteiger partial charge is 0.378 e. The van der Waals surface area contributed by atoms with E-state index in [-0.39, 0.29) is 0 Å². The van der Waals surface area contributed by atoms with Crippen LogP contribution in [-0.2, 0) is 4.74 Å². The summed E-state index contributed by atoms with van der Waals surface area (Å²) < 4.78 is 5.71. The molecule has 0 spiro atoms. The summed E-state index contributed by atoms with van der Waals surface area (Å²) in [6.07, 6.45) is 9.46. The van der Waals surface area contributed by atoms with Gasteiger partial charge in [-0.3, -0.25) is 0 Å². The molecule has 0 aromatic rings. The van der Waals surface area contributed by atoms with E-state index in [9.17, 15) is 0 Å². The molecule has 0 radical (unpaired) electrons. The lowest BCUT2D eigenvalue weighted by atomic mass is 10.2. The van der Waals surface area contributed by atoms with Gasteiger partial charge in [-0.05, 0) is 38.6 Å². The maximum atomic E-state index is 5.71. The molecule has 1 fully saturated rings. The summed E-state index contributed by atoms with van der Waals surface area (Å²) in [5.74, 6) is 0. The maximum absolute atomic E-state index is 5.71. The van der Waals surface area contributed by atoms with E-state index in [1.807, 2.05) is 0 Å². The topological polar surface area (TPSA) is 35.2 Å². The number of unbranched alkanes of at least 4 members (excludes halogenated alkanes) is 2. The predicted octanol–water partition coefficient (Wildman–Crippen LogP) is 2.07. The molecule has 0 atom stereocenters. The number of hydrogen-bond donors (Lipinski definition) is 1. The molecule has 1 rings (SSSR count). The highest BCUT2D eigenvalue weighted by Crippen LogP contribution is 2.20. The van der Waals surface area contributed by atoms with Gasteiger partial charge < -0.3 is 10.5 Å². The molecule has 0 unspecified atom stereocenters. The van der Waals surface area contributed by atoms with Gasteiger partial charge in [0, 0.05) is 6.61 Å². The Morgan fingerprint density at radius 2 is 1.83 bits per heavy atom. The molecule has 0 aliphatic heterocycles. The van der Waals surface area contributed by atoms with Crippen molar-refractivity contribution in [3.8, 4) is 0 Å². The molecule has 1 aliphatic carbocycles. The van der Waals surface area contributed by atoms with Gasteiger partial charge in [0.1, 0.15) is 0 Å². The number of ether oxygens (including phenoxy) is 1. The maximum Gasteiger partial charge on any atom is 0.0575 e. The molecule has 1 saturated carbocycles. The first kappa shape index (κ1) is 10.0. The van der Waals surface area contributed by atoms with Crippen molar-refractivity contribution >= 4 is 0 Å². The Balaban J connectivity index is 1.81. The third-order valence-electron chi connectivity index (χ3n) is 2.50. The second-order valence-corrected chi connectivity index (χ2v) is 3.63. The first-order valence-corrected chi connectivity index (χ1v) is 5.25. The van der Waals surface area contributed by atoms with E-state index < -0.39 is 0 Å². The van der Waals surface area contributed by atoms with E-state index in [0.717, 1.165) is 19.6 Å². The standard InChI is InChI=1S/C10H21NO/c11-8-4-1-5-9-12-10-6-2-3-7-10/h10H,1-9,11H2. The average Bonchev–Trinajstić information content (AvgIpc) is 2.57. The van der Waals surface area contributed by atoms with Crippen LogP contribution in [0.5, 0.6) is 0 Å². The molecule has 0 saturated heterocycles. The van der Waals surface area contributed by atoms with Crippen molar-refractivity contribution < 1.29 is 4.74 Å². The molecule has 2 nitrogen and oxygen atoms in total. The molecule has 12 heavy (non-hydrogen) atoms. The van der Waals surface area contributed by atoms with Crippen molar-refractivity contribution in [3.05, 3.63) is 0 Å². The molecular weight excluding hydrogens is 150 g/mol. The van der Waals surface area contributed by atoms with Crippen LogP contribution in [-0.4, -0.2) is 19.3 Å². The van der Waals surface area contributed by atoms with Crippen molar-refractivity contribution in [2.75, 3.05) is 13.2 Å². The van der Waals surface area contributed by atoms with Gasteiger partial charge in [-0.25, -0.2) is 0 Å². The summed E-state index contributed by atoms with van der Waals surface area (Å²) in [5, 5.41) is 0. The summed E-state index contributed by atoms with van der Waals surface area (Å²) in [6, 6.07) is 0. The Labute approximate surface area is 75.5 Å². The zero-order valence-corrected chi connectivity index (χ0v) is 7.93. The minimum Gasteiger partial charge on any atom is -0.378 e. The van der Waals surface area contributed by atoms with Crippen molar-refractivity contribution in [3.63, 3.8) is 0 Å². The van der Waals surface area contributed by atoms with E-state index in [1.54, 1.807) is 0 Å². The predicted molar refractivity (Wildman–Crippen MR) is 51.1 cm³/mol. The highest BCUT2D eigenvalue weighted by atomic mass is 16.5. The Morgan fingerprint density at radius 3 is 2.50 bits per heavy atom. The minimum atomic E-state index is 0.586. The van der Waals surface area contributed by atoms with Gasteiger partial charge in [0.05, 0.1) is 6.10 Å². The van der Waals surface area contributed by atoms with Gasteiger partial charge in [0.2, 0.25) is 0 Å². The van der Waals surface area contributed by atoms with Crippen LogP contribution < -0.4 is 5.73 Å². The van der Waals surface area contributed by atoms with E-state index >= 15 is 0 Å². The van der Waals surface area contributed by atoms with Gasteiger partial charge >= 0.3 is 0 Å². The van der Waals surface area contributed by atoms with Gasteiger partial charge in [0.15, 0.2) is 0 Å². The monoisotopic (exact) mass is 171 g/mol. The Kier molecular flexibility index (Phi) is 5.37. The first-order chi connectivity index (χ1) is 5.93. The number of hydrogen-bond acceptors (Lipinski definition) is 2. The summed E-state index contributed by atoms with van der Waals surface area (Å²) in [6.45, 7) is 1.77. The van der Waals surface area contributed by atoms with E-state index in [2.05, 4.69) is 0 Å². The van der Waals surface area contributed by atoms with Crippen LogP contribution in [0.1, 0.15) is 44.9 Å². The highest BCUT2D eigenvalue weighted by Gasteiger charge is 2.14. The van der Waals surface area contributed by atoms with Crippen molar-refractivity contribution in [1.82, 2.24) is 0 Å². The zero-order valence-electron chi connectivity index (χ0n) is 7.93. The lowest BCUT2D eigenvalue weighted by Gasteiger charge is -2.10. The smallest absolute Gasteiger partial charge is 0.0575 e. The van der Waals surface area contributed by atoms with E-state index in [4.69, 9.17) is 10.5 Å². The van der Waals surface area contributed by atoms with Crippen molar-refractivity contribution in [2.24, 2.45) is 5.73 Å². The molecule has 2 N–H and O–H groups in total. The van der Waals surface area contributed by atoms with Crippen LogP contribution in [0.4, 0.5) is 0 Å². The van der Waals surface area contributed by atoms with E-state index in [1.165, 1.54) is 38.5 Å². The third-order valence-corrected chi connectivity index (χ3v) is 2.50. The third kappa shape index (κ3) is 4.07. The molecule has 0 aromatic heterocycles. The second kappa shape index (κ2) is 6.44. The summed E-state index contributed by atoms with van der Waals surface area (Å²) >= 11 is 0. The van der Waals surface area contributed by atoms with Crippen LogP contribution in [0, 0.1) is 0 Å². The normalized spacial score (nSPS) is 18.8. The molecular formula is C10H21NO. The lowest BCUT2D eigenvalue weighted by molar-refractivity contribution is 0.0558. The second-order valence-electron chi connectivity index (χ2n) is 3.63. The van der Waals surface area contributed by atoms with Gasteiger partial charge in [-0.2, -0.15) is 0 Å². The summed E-state index contributed by atoms with van der Waals surface area (Å²) in [7, 11) is 0. The molecule has 0 bridgehead atoms. The Bertz CT molecular complexity index is 100. The first-order valence-electron chi connectivity index (χ1n) is 5.25. The lowest BCUT2D eigenvalue weighted by Crippen LogP contribution is -2.08. The summed E-state index contributed by atoms with van der Waals surface area (Å²) in [5.41, 5.74) is 5.39. The molecule has 0 aromatic carbocycles. The number of nitrogens with two attached hydrogens (primary N) is 1. The molecule has 0 amide bonds. The fourth-order valence-corrected chi connectivity index (χ4v) is 1.73. The van der Waals surface area contributed by atoms with Crippen molar-refractivity contribution in [2.45, 2.75) is 51.0 Å². The number of rotatable bonds is 6. The molecule has 2 heteroatoms. The van der Waals surface area contributed by atoms with Crippen LogP contribution >= 0.6 is 0 Å². The minimum absolute atomic E-state index is 0.586. The van der Waals surface area contributed by atoms with Crippen LogP contribution in [0.3, 0.4) is 0 Å². The average molecular weight is 171 g/mol. The Hall–Kier alpha value is -0.0800. The Morgan fingerprint density at radius 1 is 1.08 bits per heavy atom. The van der Waals surface area contributed by atoms with Crippen molar-refractivity contribution in [1.29, 1.82) is 0 Å². The van der Waals surface area contributed by atoms with Crippen LogP contribution in [0.25, 0.3) is 0 Å². The zero-order chi connectivity index (χ0) is 8.65. The van der Waals surface area contributed by atoms with E-state index in [0.29, 0.717) is 6.10 Å². The SMILES string of the molecule is NCCCCCOC1CCCC1. The molecule has 1 aliphatic rings. The summed E-state index contributed by atoms with van der Waals surface area (Å²) in [4.78, 5) is 0. The molecule has 0 heterocycles. The van der Waals surface area contributed by atoms with Crippen LogP contribution in [0.2, 0.25) is 0 Å². The fourth-order valence-electron chi connectivity index (χ4n) is 1.73. The quantitative estimate of drug-likeness (QED) is 0.621.